The molecule has 0 aliphatic rings. The summed E-state index contributed by atoms with van der Waals surface area (Å²) in [5.74, 6) is 0.0407. The summed E-state index contributed by atoms with van der Waals surface area (Å²) in [6.45, 7) is 1.87. The Morgan fingerprint density at radius 3 is 2.85 bits per heavy atom. The van der Waals surface area contributed by atoms with Crippen LogP contribution in [0.5, 0.6) is 0 Å². The van der Waals surface area contributed by atoms with Crippen molar-refractivity contribution in [2.45, 2.75) is 11.8 Å². The molecule has 5 heteroatoms. The Labute approximate surface area is 80.9 Å². The Morgan fingerprint density at radius 1 is 1.62 bits per heavy atom. The molecule has 0 amide bonds. The van der Waals surface area contributed by atoms with E-state index in [9.17, 15) is 0 Å². The fourth-order valence-electron chi connectivity index (χ4n) is 0.937. The Balaban J connectivity index is 3.16. The number of nitrogens with two attached hydrogens (primary N) is 1. The summed E-state index contributed by atoms with van der Waals surface area (Å²) in [6, 6.07) is 3.73. The molecule has 1 aromatic heterocycles. The van der Waals surface area contributed by atoms with Gasteiger partial charge < -0.3 is 10.9 Å². The molecule has 0 fully saturated rings. The zero-order chi connectivity index (χ0) is 9.84. The van der Waals surface area contributed by atoms with Crippen molar-refractivity contribution >= 4 is 17.6 Å². The molecule has 3 N–H and O–H groups in total. The minimum atomic E-state index is 0.0407. The number of amidine groups is 1. The lowest BCUT2D eigenvalue weighted by atomic mass is 10.3. The van der Waals surface area contributed by atoms with Gasteiger partial charge in [0.1, 0.15) is 5.69 Å². The molecule has 0 aromatic carbocycles. The number of nitrogens with zero attached hydrogens (tertiary/aromatic N) is 2. The number of aromatic nitrogens is 1. The maximum atomic E-state index is 8.46. The van der Waals surface area contributed by atoms with Crippen LogP contribution in [0.3, 0.4) is 0 Å². The summed E-state index contributed by atoms with van der Waals surface area (Å²) in [6.07, 6.45) is 1.96. The second-order valence-corrected chi connectivity index (χ2v) is 3.40. The SMILES string of the molecule is CSc1cc(C)nc(/C(N)=N/O)c1. The van der Waals surface area contributed by atoms with Crippen molar-refractivity contribution in [1.29, 1.82) is 0 Å². The molecule has 70 valence electrons. The topological polar surface area (TPSA) is 71.5 Å². The van der Waals surface area contributed by atoms with Crippen molar-refractivity contribution in [3.05, 3.63) is 23.5 Å². The highest BCUT2D eigenvalue weighted by Gasteiger charge is 2.03. The first-order valence-electron chi connectivity index (χ1n) is 3.68. The molecule has 1 aromatic rings. The van der Waals surface area contributed by atoms with Crippen LogP contribution in [0.2, 0.25) is 0 Å². The van der Waals surface area contributed by atoms with Gasteiger partial charge in [-0.25, -0.2) is 4.98 Å². The van der Waals surface area contributed by atoms with E-state index in [2.05, 4.69) is 10.1 Å². The minimum absolute atomic E-state index is 0.0407. The summed E-state index contributed by atoms with van der Waals surface area (Å²) < 4.78 is 0. The third kappa shape index (κ3) is 2.35. The summed E-state index contributed by atoms with van der Waals surface area (Å²) in [7, 11) is 0. The normalized spacial score (nSPS) is 11.7. The summed E-state index contributed by atoms with van der Waals surface area (Å²) in [4.78, 5) is 5.17. The number of oxime groups is 1. The maximum Gasteiger partial charge on any atom is 0.188 e. The number of pyridine rings is 1. The van der Waals surface area contributed by atoms with E-state index < -0.39 is 0 Å². The van der Waals surface area contributed by atoms with E-state index in [0.717, 1.165) is 10.6 Å². The molecule has 4 nitrogen and oxygen atoms in total. The predicted octanol–water partition coefficient (Wildman–Crippen LogP) is 1.21. The lowest BCUT2D eigenvalue weighted by molar-refractivity contribution is 0.318. The van der Waals surface area contributed by atoms with Gasteiger partial charge in [-0.3, -0.25) is 0 Å². The lowest BCUT2D eigenvalue weighted by Gasteiger charge is -2.02. The summed E-state index contributed by atoms with van der Waals surface area (Å²) in [5.41, 5.74) is 6.78. The maximum absolute atomic E-state index is 8.46. The van der Waals surface area contributed by atoms with E-state index in [1.165, 1.54) is 0 Å². The Morgan fingerprint density at radius 2 is 2.31 bits per heavy atom. The smallest absolute Gasteiger partial charge is 0.188 e. The highest BCUT2D eigenvalue weighted by Crippen LogP contribution is 2.16. The fraction of sp³-hybridized carbons (Fsp3) is 0.250. The summed E-state index contributed by atoms with van der Waals surface area (Å²) in [5, 5.41) is 11.4. The molecule has 1 heterocycles. The van der Waals surface area contributed by atoms with Crippen molar-refractivity contribution in [2.24, 2.45) is 10.9 Å². The van der Waals surface area contributed by atoms with E-state index in [-0.39, 0.29) is 5.84 Å². The van der Waals surface area contributed by atoms with Crippen LogP contribution in [0.25, 0.3) is 0 Å². The molecule has 0 aliphatic heterocycles. The zero-order valence-corrected chi connectivity index (χ0v) is 8.30. The van der Waals surface area contributed by atoms with E-state index in [1.807, 2.05) is 19.2 Å². The van der Waals surface area contributed by atoms with Gasteiger partial charge in [-0.05, 0) is 25.3 Å². The molecule has 0 saturated carbocycles. The molecule has 0 saturated heterocycles. The molecule has 0 spiro atoms. The Bertz CT molecular complexity index is 338. The van der Waals surface area contributed by atoms with Gasteiger partial charge in [0.25, 0.3) is 0 Å². The highest BCUT2D eigenvalue weighted by molar-refractivity contribution is 7.98. The van der Waals surface area contributed by atoms with E-state index in [1.54, 1.807) is 17.8 Å². The number of hydrogen-bond acceptors (Lipinski definition) is 4. The Kier molecular flexibility index (Phi) is 3.13. The van der Waals surface area contributed by atoms with Gasteiger partial charge in [0, 0.05) is 10.6 Å². The van der Waals surface area contributed by atoms with Crippen LogP contribution >= 0.6 is 11.8 Å². The van der Waals surface area contributed by atoms with Gasteiger partial charge in [-0.2, -0.15) is 0 Å². The standard InChI is InChI=1S/C8H11N3OS/c1-5-3-6(13-2)4-7(10-5)8(9)11-12/h3-4,12H,1-2H3,(H2,9,11). The fourth-order valence-corrected chi connectivity index (χ4v) is 1.46. The number of aryl methyl sites for hydroxylation is 1. The van der Waals surface area contributed by atoms with Gasteiger partial charge in [0.15, 0.2) is 5.84 Å². The molecule has 0 atom stereocenters. The van der Waals surface area contributed by atoms with E-state index in [0.29, 0.717) is 5.69 Å². The second-order valence-electron chi connectivity index (χ2n) is 2.52. The first-order chi connectivity index (χ1) is 6.17. The number of thioether (sulfide) groups is 1. The second kappa shape index (κ2) is 4.13. The van der Waals surface area contributed by atoms with Crippen LogP contribution in [0.1, 0.15) is 11.4 Å². The Hall–Kier alpha value is -1.23. The van der Waals surface area contributed by atoms with Crippen LogP contribution in [0.15, 0.2) is 22.2 Å². The van der Waals surface area contributed by atoms with Crippen molar-refractivity contribution in [3.63, 3.8) is 0 Å². The average molecular weight is 197 g/mol. The quantitative estimate of drug-likeness (QED) is 0.246. The molecule has 0 aliphatic carbocycles. The average Bonchev–Trinajstić information content (AvgIpc) is 2.15. The molecular weight excluding hydrogens is 186 g/mol. The van der Waals surface area contributed by atoms with Gasteiger partial charge in [-0.1, -0.05) is 5.16 Å². The highest BCUT2D eigenvalue weighted by atomic mass is 32.2. The van der Waals surface area contributed by atoms with Crippen molar-refractivity contribution in [2.75, 3.05) is 6.26 Å². The van der Waals surface area contributed by atoms with E-state index >= 15 is 0 Å². The first-order valence-corrected chi connectivity index (χ1v) is 4.90. The molecule has 13 heavy (non-hydrogen) atoms. The van der Waals surface area contributed by atoms with Crippen molar-refractivity contribution in [1.82, 2.24) is 4.98 Å². The van der Waals surface area contributed by atoms with Gasteiger partial charge in [0.05, 0.1) is 0 Å². The monoisotopic (exact) mass is 197 g/mol. The number of hydrogen-bond donors (Lipinski definition) is 2. The molecular formula is C8H11N3OS. The van der Waals surface area contributed by atoms with Crippen LogP contribution in [0, 0.1) is 6.92 Å². The largest absolute Gasteiger partial charge is 0.409 e. The molecule has 0 radical (unpaired) electrons. The van der Waals surface area contributed by atoms with Crippen molar-refractivity contribution < 1.29 is 5.21 Å². The molecule has 1 rings (SSSR count). The van der Waals surface area contributed by atoms with Gasteiger partial charge >= 0.3 is 0 Å². The number of rotatable bonds is 2. The summed E-state index contributed by atoms with van der Waals surface area (Å²) >= 11 is 1.59. The predicted molar refractivity (Wildman–Crippen MR) is 53.3 cm³/mol. The molecule has 0 bridgehead atoms. The third-order valence-corrected chi connectivity index (χ3v) is 2.24. The first kappa shape index (κ1) is 9.85. The van der Waals surface area contributed by atoms with Crippen LogP contribution in [0.4, 0.5) is 0 Å². The van der Waals surface area contributed by atoms with Crippen LogP contribution in [-0.4, -0.2) is 22.3 Å². The van der Waals surface area contributed by atoms with Gasteiger partial charge in [-0.15, -0.1) is 11.8 Å². The minimum Gasteiger partial charge on any atom is -0.409 e. The van der Waals surface area contributed by atoms with Gasteiger partial charge in [0.2, 0.25) is 0 Å². The zero-order valence-electron chi connectivity index (χ0n) is 7.48. The van der Waals surface area contributed by atoms with E-state index in [4.69, 9.17) is 10.9 Å². The van der Waals surface area contributed by atoms with Crippen LogP contribution < -0.4 is 5.73 Å². The third-order valence-electron chi connectivity index (χ3n) is 1.53. The lowest BCUT2D eigenvalue weighted by Crippen LogP contribution is -2.15. The van der Waals surface area contributed by atoms with Crippen molar-refractivity contribution in [3.8, 4) is 0 Å². The molecule has 0 unspecified atom stereocenters. The van der Waals surface area contributed by atoms with Crippen LogP contribution in [-0.2, 0) is 0 Å².